The smallest absolute Gasteiger partial charge is 0.258 e. The van der Waals surface area contributed by atoms with Gasteiger partial charge in [0.05, 0.1) is 4.92 Å². The van der Waals surface area contributed by atoms with Gasteiger partial charge in [-0.25, -0.2) is 4.98 Å². The van der Waals surface area contributed by atoms with Gasteiger partial charge in [0.15, 0.2) is 0 Å². The first-order valence-electron chi connectivity index (χ1n) is 3.13. The SMILES string of the molecule is O=[N+]([O-])c1ccc(C#CSI)nc1. The third kappa shape index (κ3) is 3.20. The van der Waals surface area contributed by atoms with Crippen LogP contribution in [0.1, 0.15) is 5.69 Å². The van der Waals surface area contributed by atoms with Gasteiger partial charge in [0.25, 0.3) is 5.69 Å². The number of hydrogen-bond donors (Lipinski definition) is 0. The maximum atomic E-state index is 10.3. The van der Waals surface area contributed by atoms with Crippen molar-refractivity contribution in [3.63, 3.8) is 0 Å². The van der Waals surface area contributed by atoms with Crippen LogP contribution in [0.15, 0.2) is 18.3 Å². The van der Waals surface area contributed by atoms with E-state index in [2.05, 4.69) is 16.2 Å². The fourth-order valence-corrected chi connectivity index (χ4v) is 1.11. The zero-order valence-electron chi connectivity index (χ0n) is 6.23. The van der Waals surface area contributed by atoms with Crippen molar-refractivity contribution in [2.24, 2.45) is 0 Å². The first-order valence-corrected chi connectivity index (χ1v) is 6.49. The molecule has 0 atom stereocenters. The minimum atomic E-state index is -0.489. The second kappa shape index (κ2) is 5.04. The van der Waals surface area contributed by atoms with Crippen molar-refractivity contribution in [3.05, 3.63) is 34.1 Å². The van der Waals surface area contributed by atoms with Crippen LogP contribution in [0, 0.1) is 21.3 Å². The molecule has 1 rings (SSSR count). The van der Waals surface area contributed by atoms with Gasteiger partial charge in [-0.3, -0.25) is 10.1 Å². The predicted octanol–water partition coefficient (Wildman–Crippen LogP) is 2.38. The Morgan fingerprint density at radius 3 is 2.85 bits per heavy atom. The molecule has 1 aromatic rings. The topological polar surface area (TPSA) is 56.0 Å². The Bertz CT molecular complexity index is 368. The monoisotopic (exact) mass is 306 g/mol. The lowest BCUT2D eigenvalue weighted by atomic mass is 10.3. The van der Waals surface area contributed by atoms with Gasteiger partial charge in [0, 0.05) is 27.3 Å². The van der Waals surface area contributed by atoms with Gasteiger partial charge in [-0.2, -0.15) is 0 Å². The summed E-state index contributed by atoms with van der Waals surface area (Å²) >= 11 is 2.04. The molecule has 1 heterocycles. The van der Waals surface area contributed by atoms with Crippen molar-refractivity contribution >= 4 is 35.8 Å². The molecule has 6 heteroatoms. The molecule has 4 nitrogen and oxygen atoms in total. The molecular formula is C7H3IN2O2S. The number of hydrogen-bond acceptors (Lipinski definition) is 4. The van der Waals surface area contributed by atoms with E-state index < -0.39 is 4.92 Å². The number of nitrogens with zero attached hydrogens (tertiary/aromatic N) is 2. The summed E-state index contributed by atoms with van der Waals surface area (Å²) in [6.07, 6.45) is 1.20. The number of aromatic nitrogens is 1. The lowest BCUT2D eigenvalue weighted by Gasteiger charge is -1.89. The summed E-state index contributed by atoms with van der Waals surface area (Å²) in [5.41, 5.74) is 0.516. The van der Waals surface area contributed by atoms with Crippen LogP contribution in [-0.4, -0.2) is 9.91 Å². The standard InChI is InChI=1S/C7H3IN2O2S/c8-13-4-3-6-1-2-7(5-9-6)10(11)12/h1-2,5H. The van der Waals surface area contributed by atoms with Crippen molar-refractivity contribution in [1.29, 1.82) is 0 Å². The maximum absolute atomic E-state index is 10.3. The molecule has 0 saturated carbocycles. The first kappa shape index (κ1) is 10.3. The maximum Gasteiger partial charge on any atom is 0.287 e. The fourth-order valence-electron chi connectivity index (χ4n) is 0.640. The van der Waals surface area contributed by atoms with Gasteiger partial charge in [0.1, 0.15) is 11.9 Å². The first-order chi connectivity index (χ1) is 6.24. The molecule has 0 aliphatic rings. The molecule has 0 fully saturated rings. The highest BCUT2D eigenvalue weighted by Gasteiger charge is 2.03. The van der Waals surface area contributed by atoms with Crippen LogP contribution in [0.4, 0.5) is 5.69 Å². The zero-order valence-corrected chi connectivity index (χ0v) is 9.20. The third-order valence-electron chi connectivity index (χ3n) is 1.18. The Kier molecular flexibility index (Phi) is 3.98. The molecule has 0 unspecified atom stereocenters. The van der Waals surface area contributed by atoms with E-state index in [1.54, 1.807) is 0 Å². The Morgan fingerprint density at radius 1 is 1.62 bits per heavy atom. The van der Waals surface area contributed by atoms with Crippen molar-refractivity contribution in [2.45, 2.75) is 0 Å². The molecule has 0 aliphatic heterocycles. The number of nitro groups is 1. The Balaban J connectivity index is 2.87. The molecule has 66 valence electrons. The summed E-state index contributed by atoms with van der Waals surface area (Å²) in [6.45, 7) is 0. The van der Waals surface area contributed by atoms with Gasteiger partial charge in [-0.05, 0) is 26.2 Å². The lowest BCUT2D eigenvalue weighted by Crippen LogP contribution is -1.89. The molecule has 0 spiro atoms. The average Bonchev–Trinajstić information content (AvgIpc) is 2.15. The van der Waals surface area contributed by atoms with Crippen LogP contribution in [0.25, 0.3) is 0 Å². The van der Waals surface area contributed by atoms with Crippen LogP contribution in [-0.2, 0) is 0 Å². The molecule has 0 radical (unpaired) electrons. The molecule has 0 N–H and O–H groups in total. The van der Waals surface area contributed by atoms with E-state index in [-0.39, 0.29) is 5.69 Å². The van der Waals surface area contributed by atoms with E-state index in [9.17, 15) is 10.1 Å². The predicted molar refractivity (Wildman–Crippen MR) is 59.4 cm³/mol. The van der Waals surface area contributed by atoms with Crippen LogP contribution < -0.4 is 0 Å². The summed E-state index contributed by atoms with van der Waals surface area (Å²) in [4.78, 5) is 13.6. The minimum absolute atomic E-state index is 0.0207. The van der Waals surface area contributed by atoms with Gasteiger partial charge in [0.2, 0.25) is 0 Å². The second-order valence-electron chi connectivity index (χ2n) is 1.96. The largest absolute Gasteiger partial charge is 0.287 e. The fraction of sp³-hybridized carbons (Fsp3) is 0. The average molecular weight is 306 g/mol. The summed E-state index contributed by atoms with van der Waals surface area (Å²) < 4.78 is 0. The van der Waals surface area contributed by atoms with E-state index in [1.165, 1.54) is 27.3 Å². The highest BCUT2D eigenvalue weighted by molar-refractivity contribution is 14.2. The van der Waals surface area contributed by atoms with Gasteiger partial charge in [-0.1, -0.05) is 0 Å². The number of pyridine rings is 1. The molecule has 13 heavy (non-hydrogen) atoms. The molecule has 0 amide bonds. The van der Waals surface area contributed by atoms with E-state index in [4.69, 9.17) is 0 Å². The quantitative estimate of drug-likeness (QED) is 0.346. The summed E-state index contributed by atoms with van der Waals surface area (Å²) in [7, 11) is 1.34. The lowest BCUT2D eigenvalue weighted by molar-refractivity contribution is -0.385. The molecule has 0 saturated heterocycles. The van der Waals surface area contributed by atoms with Crippen molar-refractivity contribution in [2.75, 3.05) is 0 Å². The second-order valence-corrected chi connectivity index (χ2v) is 3.64. The van der Waals surface area contributed by atoms with Crippen molar-refractivity contribution < 1.29 is 4.92 Å². The summed E-state index contributed by atoms with van der Waals surface area (Å²) in [6, 6.07) is 2.91. The van der Waals surface area contributed by atoms with E-state index >= 15 is 0 Å². The van der Waals surface area contributed by atoms with E-state index in [0.29, 0.717) is 5.69 Å². The summed E-state index contributed by atoms with van der Waals surface area (Å²) in [5, 5.41) is 13.0. The zero-order chi connectivity index (χ0) is 9.68. The third-order valence-corrected chi connectivity index (χ3v) is 2.02. The van der Waals surface area contributed by atoms with Crippen LogP contribution in [0.2, 0.25) is 0 Å². The van der Waals surface area contributed by atoms with Crippen LogP contribution in [0.5, 0.6) is 0 Å². The van der Waals surface area contributed by atoms with Crippen molar-refractivity contribution in [3.8, 4) is 11.2 Å². The molecule has 0 aromatic carbocycles. The molecule has 0 bridgehead atoms. The Morgan fingerprint density at radius 2 is 2.38 bits per heavy atom. The number of halogens is 1. The Labute approximate surface area is 90.9 Å². The highest BCUT2D eigenvalue weighted by atomic mass is 127. The van der Waals surface area contributed by atoms with Crippen LogP contribution in [0.3, 0.4) is 0 Å². The van der Waals surface area contributed by atoms with Crippen molar-refractivity contribution in [1.82, 2.24) is 4.98 Å². The van der Waals surface area contributed by atoms with E-state index in [0.717, 1.165) is 0 Å². The van der Waals surface area contributed by atoms with Gasteiger partial charge in [-0.15, -0.1) is 0 Å². The Hall–Kier alpha value is -0.810. The number of rotatable bonds is 1. The van der Waals surface area contributed by atoms with Crippen LogP contribution >= 0.6 is 30.1 Å². The normalized spacial score (nSPS) is 8.69. The molecule has 0 aliphatic carbocycles. The summed E-state index contributed by atoms with van der Waals surface area (Å²) in [5.74, 6) is 2.73. The van der Waals surface area contributed by atoms with Gasteiger partial charge >= 0.3 is 0 Å². The van der Waals surface area contributed by atoms with E-state index in [1.807, 2.05) is 21.2 Å². The minimum Gasteiger partial charge on any atom is -0.258 e. The van der Waals surface area contributed by atoms with Gasteiger partial charge < -0.3 is 0 Å². The highest BCUT2D eigenvalue weighted by Crippen LogP contribution is 2.10. The molecular weight excluding hydrogens is 303 g/mol. The molecule has 1 aromatic heterocycles.